The van der Waals surface area contributed by atoms with Gasteiger partial charge in [-0.1, -0.05) is 11.6 Å². The summed E-state index contributed by atoms with van der Waals surface area (Å²) in [5.74, 6) is -0.943. The smallest absolute Gasteiger partial charge is 0.346 e. The molecule has 7 heteroatoms. The number of carbonyl (C=O) groups excluding carboxylic acids is 1. The summed E-state index contributed by atoms with van der Waals surface area (Å²) in [6.07, 6.45) is -0.753. The third kappa shape index (κ3) is 4.22. The lowest BCUT2D eigenvalue weighted by molar-refractivity contribution is -0.147. The van der Waals surface area contributed by atoms with Crippen LogP contribution in [-0.4, -0.2) is 34.8 Å². The van der Waals surface area contributed by atoms with Crippen LogP contribution in [0.1, 0.15) is 34.1 Å². The topological polar surface area (TPSA) is 77.8 Å². The van der Waals surface area contributed by atoms with Crippen molar-refractivity contribution < 1.29 is 24.2 Å². The molecule has 0 aliphatic heterocycles. The molecule has 3 aromatic rings. The zero-order chi connectivity index (χ0) is 21.3. The summed E-state index contributed by atoms with van der Waals surface area (Å²) >= 11 is 6.26. The number of ether oxygens (including phenoxy) is 2. The molecule has 3 rings (SSSR count). The number of methoxy groups -OCH3 is 1. The molecule has 1 aromatic heterocycles. The minimum atomic E-state index is -0.951. The Balaban J connectivity index is 1.98. The van der Waals surface area contributed by atoms with E-state index in [2.05, 4.69) is 4.57 Å². The van der Waals surface area contributed by atoms with E-state index >= 15 is 0 Å². The Morgan fingerprint density at radius 1 is 1.17 bits per heavy atom. The van der Waals surface area contributed by atoms with Crippen molar-refractivity contribution in [3.8, 4) is 5.75 Å². The number of benzene rings is 2. The summed E-state index contributed by atoms with van der Waals surface area (Å²) in [6.45, 7) is 6.10. The van der Waals surface area contributed by atoms with E-state index in [1.165, 1.54) is 7.11 Å². The lowest BCUT2D eigenvalue weighted by Crippen LogP contribution is -2.24. The molecule has 0 bridgehead atoms. The van der Waals surface area contributed by atoms with Gasteiger partial charge in [-0.2, -0.15) is 0 Å². The van der Waals surface area contributed by atoms with Gasteiger partial charge < -0.3 is 19.1 Å². The molecule has 0 amide bonds. The van der Waals surface area contributed by atoms with Crippen molar-refractivity contribution in [1.29, 1.82) is 0 Å². The molecule has 1 atom stereocenters. The molecule has 1 unspecified atom stereocenters. The number of aryl methyl sites for hydroxylation is 1. The zero-order valence-corrected chi connectivity index (χ0v) is 17.4. The summed E-state index contributed by atoms with van der Waals surface area (Å²) < 4.78 is 12.5. The Labute approximate surface area is 173 Å². The van der Waals surface area contributed by atoms with Crippen LogP contribution < -0.4 is 4.74 Å². The third-order valence-electron chi connectivity index (χ3n) is 5.00. The second-order valence-corrected chi connectivity index (χ2v) is 7.35. The zero-order valence-electron chi connectivity index (χ0n) is 16.7. The van der Waals surface area contributed by atoms with E-state index < -0.39 is 18.0 Å². The molecule has 152 valence electrons. The number of aromatic carboxylic acids is 1. The van der Waals surface area contributed by atoms with E-state index in [1.54, 1.807) is 25.1 Å². The summed E-state index contributed by atoms with van der Waals surface area (Å²) in [7, 11) is 1.31. The van der Waals surface area contributed by atoms with Crippen LogP contribution in [0.2, 0.25) is 5.02 Å². The van der Waals surface area contributed by atoms with Gasteiger partial charge in [0.1, 0.15) is 5.75 Å². The molecule has 0 saturated carbocycles. The van der Waals surface area contributed by atoms with Gasteiger partial charge in [-0.05, 0) is 68.3 Å². The van der Waals surface area contributed by atoms with Crippen LogP contribution >= 0.6 is 11.6 Å². The molecule has 0 saturated heterocycles. The number of carboxylic acids is 1. The van der Waals surface area contributed by atoms with Gasteiger partial charge in [-0.25, -0.2) is 9.59 Å². The quantitative estimate of drug-likeness (QED) is 0.595. The second kappa shape index (κ2) is 8.17. The molecule has 1 N–H and O–H groups in total. The summed E-state index contributed by atoms with van der Waals surface area (Å²) in [5, 5.41) is 10.7. The fourth-order valence-electron chi connectivity index (χ4n) is 3.37. The van der Waals surface area contributed by atoms with Crippen LogP contribution in [0.3, 0.4) is 0 Å². The average molecular weight is 416 g/mol. The van der Waals surface area contributed by atoms with Crippen molar-refractivity contribution in [2.75, 3.05) is 7.11 Å². The number of aromatic nitrogens is 1. The minimum absolute atomic E-state index is 0.257. The number of hydrogen-bond donors (Lipinski definition) is 1. The maximum atomic E-state index is 11.6. The average Bonchev–Trinajstić information content (AvgIpc) is 2.91. The van der Waals surface area contributed by atoms with Gasteiger partial charge in [0.2, 0.25) is 0 Å². The number of fused-ring (bicyclic) bond motifs is 1. The third-order valence-corrected chi connectivity index (χ3v) is 5.22. The first-order valence-corrected chi connectivity index (χ1v) is 9.45. The molecule has 0 spiro atoms. The van der Waals surface area contributed by atoms with Crippen molar-refractivity contribution in [2.45, 2.75) is 33.4 Å². The Hall–Kier alpha value is -2.99. The van der Waals surface area contributed by atoms with Gasteiger partial charge in [-0.15, -0.1) is 0 Å². The first-order valence-electron chi connectivity index (χ1n) is 9.08. The maximum Gasteiger partial charge on any atom is 0.346 e. The van der Waals surface area contributed by atoms with E-state index in [-0.39, 0.29) is 5.56 Å². The maximum absolute atomic E-state index is 11.6. The fraction of sp³-hybridized carbons (Fsp3) is 0.273. The number of halogens is 1. The molecule has 0 aliphatic rings. The SMILES string of the molecule is COC(=O)C(C)Oc1cc(Cl)cc(Cn2c(C)c(C)c3cc(C(=O)O)ccc32)c1. The van der Waals surface area contributed by atoms with Crippen LogP contribution in [0.25, 0.3) is 10.9 Å². The largest absolute Gasteiger partial charge is 0.479 e. The standard InChI is InChI=1S/C22H22ClNO5/c1-12-13(2)24(20-6-5-16(21(25)26)9-19(12)20)11-15-7-17(23)10-18(8-15)29-14(3)22(27)28-4/h5-10,14H,11H2,1-4H3,(H,25,26). The highest BCUT2D eigenvalue weighted by molar-refractivity contribution is 6.30. The summed E-state index contributed by atoms with van der Waals surface area (Å²) in [6, 6.07) is 10.4. The minimum Gasteiger partial charge on any atom is -0.479 e. The van der Waals surface area contributed by atoms with Crippen LogP contribution in [0.4, 0.5) is 0 Å². The Kier molecular flexibility index (Phi) is 5.84. The van der Waals surface area contributed by atoms with Crippen LogP contribution in [0, 0.1) is 13.8 Å². The molecule has 1 heterocycles. The second-order valence-electron chi connectivity index (χ2n) is 6.91. The first kappa shape index (κ1) is 20.7. The Morgan fingerprint density at radius 3 is 2.55 bits per heavy atom. The predicted molar refractivity (Wildman–Crippen MR) is 111 cm³/mol. The molecule has 0 aliphatic carbocycles. The van der Waals surface area contributed by atoms with Gasteiger partial charge >= 0.3 is 11.9 Å². The molecule has 0 radical (unpaired) electrons. The number of nitrogens with zero attached hydrogens (tertiary/aromatic N) is 1. The monoisotopic (exact) mass is 415 g/mol. The molecule has 2 aromatic carbocycles. The van der Waals surface area contributed by atoms with E-state index in [9.17, 15) is 14.7 Å². The van der Waals surface area contributed by atoms with Gasteiger partial charge in [0.05, 0.1) is 12.7 Å². The number of hydrogen-bond acceptors (Lipinski definition) is 4. The summed E-state index contributed by atoms with van der Waals surface area (Å²) in [5.41, 5.74) is 4.16. The van der Waals surface area contributed by atoms with Crippen LogP contribution in [0.15, 0.2) is 36.4 Å². The lowest BCUT2D eigenvalue weighted by atomic mass is 10.1. The van der Waals surface area contributed by atoms with Crippen LogP contribution in [0.5, 0.6) is 5.75 Å². The van der Waals surface area contributed by atoms with Gasteiger partial charge in [0.15, 0.2) is 6.10 Å². The van der Waals surface area contributed by atoms with Gasteiger partial charge in [0, 0.05) is 28.2 Å². The van der Waals surface area contributed by atoms with Crippen molar-refractivity contribution in [2.24, 2.45) is 0 Å². The predicted octanol–water partition coefficient (Wildman–Crippen LogP) is 4.60. The highest BCUT2D eigenvalue weighted by atomic mass is 35.5. The van der Waals surface area contributed by atoms with E-state index in [4.69, 9.17) is 21.1 Å². The van der Waals surface area contributed by atoms with Gasteiger partial charge in [-0.3, -0.25) is 0 Å². The molecule has 6 nitrogen and oxygen atoms in total. The molecular weight excluding hydrogens is 394 g/mol. The Morgan fingerprint density at radius 2 is 1.90 bits per heavy atom. The van der Waals surface area contributed by atoms with Gasteiger partial charge in [0.25, 0.3) is 0 Å². The number of esters is 1. The van der Waals surface area contributed by atoms with Crippen molar-refractivity contribution in [3.63, 3.8) is 0 Å². The first-order chi connectivity index (χ1) is 13.7. The molecule has 29 heavy (non-hydrogen) atoms. The summed E-state index contributed by atoms with van der Waals surface area (Å²) in [4.78, 5) is 22.9. The van der Waals surface area contributed by atoms with E-state index in [0.29, 0.717) is 17.3 Å². The highest BCUT2D eigenvalue weighted by Crippen LogP contribution is 2.29. The molecular formula is C22H22ClNO5. The van der Waals surface area contributed by atoms with Crippen molar-refractivity contribution >= 4 is 34.4 Å². The molecule has 0 fully saturated rings. The fourth-order valence-corrected chi connectivity index (χ4v) is 3.62. The number of rotatable bonds is 6. The van der Waals surface area contributed by atoms with E-state index in [1.807, 2.05) is 32.0 Å². The van der Waals surface area contributed by atoms with E-state index in [0.717, 1.165) is 27.7 Å². The van der Waals surface area contributed by atoms with Crippen molar-refractivity contribution in [3.05, 3.63) is 63.8 Å². The van der Waals surface area contributed by atoms with Crippen LogP contribution in [-0.2, 0) is 16.1 Å². The number of carboxylic acid groups (broad SMARTS) is 1. The Bertz CT molecular complexity index is 1100. The number of carbonyl (C=O) groups is 2. The lowest BCUT2D eigenvalue weighted by Gasteiger charge is -2.15. The van der Waals surface area contributed by atoms with Crippen molar-refractivity contribution in [1.82, 2.24) is 4.57 Å². The normalized spacial score (nSPS) is 12.0. The highest BCUT2D eigenvalue weighted by Gasteiger charge is 2.17.